The van der Waals surface area contributed by atoms with E-state index in [4.69, 9.17) is 26.2 Å². The molecule has 7 nitrogen and oxygen atoms in total. The van der Waals surface area contributed by atoms with Gasteiger partial charge in [0.25, 0.3) is 0 Å². The number of aliphatic hydroxyl groups is 1. The molecule has 3 N–H and O–H groups in total. The van der Waals surface area contributed by atoms with Crippen molar-refractivity contribution in [1.29, 1.82) is 0 Å². The summed E-state index contributed by atoms with van der Waals surface area (Å²) >= 11 is 6.27. The highest BCUT2D eigenvalue weighted by Crippen LogP contribution is 2.39. The van der Waals surface area contributed by atoms with E-state index in [1.807, 2.05) is 49.4 Å². The summed E-state index contributed by atoms with van der Waals surface area (Å²) in [4.78, 5) is 18.1. The predicted octanol–water partition coefficient (Wildman–Crippen LogP) is 4.91. The number of hydrogen-bond acceptors (Lipinski definition) is 5. The maximum absolute atomic E-state index is 12.8. The van der Waals surface area contributed by atoms with Crippen molar-refractivity contribution in [2.75, 3.05) is 39.5 Å². The van der Waals surface area contributed by atoms with Crippen LogP contribution in [0.4, 0.5) is 4.79 Å². The monoisotopic (exact) mass is 487 g/mol. The molecular weight excluding hydrogens is 454 g/mol. The fourth-order valence-corrected chi connectivity index (χ4v) is 4.67. The number of unbranched alkanes of at least 4 members (excludes halogenated alkanes) is 1. The van der Waals surface area contributed by atoms with Crippen LogP contribution in [0.15, 0.2) is 42.5 Å². The number of nitrogens with one attached hydrogen (secondary N) is 2. The largest absolute Gasteiger partial charge is 0.494 e. The van der Waals surface area contributed by atoms with Gasteiger partial charge in [-0.3, -0.25) is 4.90 Å². The molecular formula is C26H34ClN3O4. The van der Waals surface area contributed by atoms with E-state index in [9.17, 15) is 4.79 Å². The molecule has 4 rings (SSSR count). The second kappa shape index (κ2) is 11.6. The zero-order chi connectivity index (χ0) is 23.9. The summed E-state index contributed by atoms with van der Waals surface area (Å²) in [7, 11) is 0. The number of aromatic nitrogens is 1. The Hall–Kier alpha value is -2.74. The van der Waals surface area contributed by atoms with Crippen molar-refractivity contribution in [1.82, 2.24) is 15.2 Å². The van der Waals surface area contributed by atoms with E-state index >= 15 is 0 Å². The van der Waals surface area contributed by atoms with Crippen LogP contribution in [0.3, 0.4) is 0 Å². The van der Waals surface area contributed by atoms with Crippen molar-refractivity contribution in [3.63, 3.8) is 0 Å². The molecule has 0 fully saturated rings. The highest BCUT2D eigenvalue weighted by atomic mass is 35.5. The SMILES string of the molecule is CCOC(=O)N1CCc2c([nH]c3ccc(Cl)cc23)C1c1ccc(OCCCCNCCO)cc1.[HH]. The summed E-state index contributed by atoms with van der Waals surface area (Å²) in [5.41, 5.74) is 4.20. The second-order valence-electron chi connectivity index (χ2n) is 8.35. The first-order valence-corrected chi connectivity index (χ1v) is 12.3. The summed E-state index contributed by atoms with van der Waals surface area (Å²) in [6.45, 7) is 5.00. The molecule has 1 aliphatic heterocycles. The number of ether oxygens (including phenoxy) is 2. The number of amides is 1. The van der Waals surface area contributed by atoms with Crippen molar-refractivity contribution < 1.29 is 20.8 Å². The maximum Gasteiger partial charge on any atom is 0.410 e. The Morgan fingerprint density at radius 3 is 2.82 bits per heavy atom. The van der Waals surface area contributed by atoms with Gasteiger partial charge in [0, 0.05) is 36.1 Å². The standard InChI is InChI=1S/C26H32ClN3O4.H2/c1-2-33-26(32)30-14-11-21-22-17-19(27)7-10-23(22)29-24(21)25(30)18-5-8-20(9-6-18)34-16-4-3-12-28-13-15-31;/h5-10,17,25,28-29,31H,2-4,11-16H2,1H3;1H. The van der Waals surface area contributed by atoms with Gasteiger partial charge >= 0.3 is 6.09 Å². The first-order chi connectivity index (χ1) is 16.6. The quantitative estimate of drug-likeness (QED) is 0.354. The minimum absolute atomic E-state index is 0. The third-order valence-corrected chi connectivity index (χ3v) is 6.33. The molecule has 8 heteroatoms. The highest BCUT2D eigenvalue weighted by Gasteiger charge is 2.35. The first kappa shape index (κ1) is 24.4. The number of hydrogen-bond donors (Lipinski definition) is 3. The number of nitrogens with zero attached hydrogens (tertiary/aromatic N) is 1. The molecule has 0 bridgehead atoms. The minimum atomic E-state index is -0.315. The van der Waals surface area contributed by atoms with Gasteiger partial charge in [-0.25, -0.2) is 4.79 Å². The van der Waals surface area contributed by atoms with Crippen molar-refractivity contribution >= 4 is 28.6 Å². The predicted molar refractivity (Wildman–Crippen MR) is 136 cm³/mol. The Morgan fingerprint density at radius 2 is 2.06 bits per heavy atom. The molecule has 0 saturated carbocycles. The zero-order valence-corrected chi connectivity index (χ0v) is 20.2. The van der Waals surface area contributed by atoms with E-state index in [0.29, 0.717) is 31.3 Å². The van der Waals surface area contributed by atoms with Crippen molar-refractivity contribution in [3.8, 4) is 5.75 Å². The van der Waals surface area contributed by atoms with Crippen LogP contribution in [0, 0.1) is 0 Å². The number of H-pyrrole nitrogens is 1. The lowest BCUT2D eigenvalue weighted by atomic mass is 9.92. The van der Waals surface area contributed by atoms with Crippen LogP contribution in [0.5, 0.6) is 5.75 Å². The minimum Gasteiger partial charge on any atom is -0.494 e. The fourth-order valence-electron chi connectivity index (χ4n) is 4.50. The zero-order valence-electron chi connectivity index (χ0n) is 19.5. The molecule has 34 heavy (non-hydrogen) atoms. The average molecular weight is 488 g/mol. The van der Waals surface area contributed by atoms with Gasteiger partial charge < -0.3 is 24.9 Å². The van der Waals surface area contributed by atoms with Crippen LogP contribution in [0.1, 0.15) is 44.1 Å². The van der Waals surface area contributed by atoms with Crippen LogP contribution in [-0.2, 0) is 11.2 Å². The molecule has 1 atom stereocenters. The van der Waals surface area contributed by atoms with Gasteiger partial charge in [-0.15, -0.1) is 0 Å². The molecule has 0 spiro atoms. The Balaban J connectivity index is 0.00000342. The molecule has 1 aliphatic rings. The topological polar surface area (TPSA) is 86.8 Å². The van der Waals surface area contributed by atoms with Gasteiger partial charge in [-0.2, -0.15) is 0 Å². The van der Waals surface area contributed by atoms with Gasteiger partial charge in [0.2, 0.25) is 0 Å². The van der Waals surface area contributed by atoms with Gasteiger partial charge in [0.1, 0.15) is 11.8 Å². The van der Waals surface area contributed by atoms with Crippen LogP contribution in [0.25, 0.3) is 10.9 Å². The number of benzene rings is 2. The van der Waals surface area contributed by atoms with Gasteiger partial charge in [0.05, 0.1) is 19.8 Å². The van der Waals surface area contributed by atoms with Gasteiger partial charge in [-0.05, 0) is 74.2 Å². The Morgan fingerprint density at radius 1 is 1.24 bits per heavy atom. The van der Waals surface area contributed by atoms with Gasteiger partial charge in [-0.1, -0.05) is 23.7 Å². The molecule has 0 aliphatic carbocycles. The van der Waals surface area contributed by atoms with E-state index < -0.39 is 0 Å². The molecule has 1 amide bonds. The van der Waals surface area contributed by atoms with Crippen molar-refractivity contribution in [2.45, 2.75) is 32.2 Å². The van der Waals surface area contributed by atoms with E-state index in [0.717, 1.165) is 53.7 Å². The van der Waals surface area contributed by atoms with Crippen molar-refractivity contribution in [3.05, 3.63) is 64.3 Å². The maximum atomic E-state index is 12.8. The summed E-state index contributed by atoms with van der Waals surface area (Å²) in [5, 5.41) is 13.7. The Kier molecular flexibility index (Phi) is 8.32. The fraction of sp³-hybridized carbons (Fsp3) is 0.423. The molecule has 1 aromatic heterocycles. The molecule has 0 saturated heterocycles. The highest BCUT2D eigenvalue weighted by molar-refractivity contribution is 6.31. The van der Waals surface area contributed by atoms with E-state index in [1.54, 1.807) is 4.90 Å². The lowest BCUT2D eigenvalue weighted by Gasteiger charge is -2.35. The number of fused-ring (bicyclic) bond motifs is 3. The number of carbonyl (C=O) groups excluding carboxylic acids is 1. The second-order valence-corrected chi connectivity index (χ2v) is 8.79. The molecule has 3 aromatic rings. The normalized spacial score (nSPS) is 15.4. The Labute approximate surface area is 206 Å². The van der Waals surface area contributed by atoms with Gasteiger partial charge in [0.15, 0.2) is 0 Å². The van der Waals surface area contributed by atoms with Crippen LogP contribution in [-0.4, -0.2) is 60.5 Å². The summed E-state index contributed by atoms with van der Waals surface area (Å²) in [6, 6.07) is 13.5. The smallest absolute Gasteiger partial charge is 0.410 e. The summed E-state index contributed by atoms with van der Waals surface area (Å²) in [6.07, 6.45) is 2.34. The first-order valence-electron chi connectivity index (χ1n) is 11.9. The molecule has 0 radical (unpaired) electrons. The molecule has 184 valence electrons. The average Bonchev–Trinajstić information content (AvgIpc) is 3.21. The summed E-state index contributed by atoms with van der Waals surface area (Å²) in [5.74, 6) is 0.800. The third-order valence-electron chi connectivity index (χ3n) is 6.09. The lowest BCUT2D eigenvalue weighted by Crippen LogP contribution is -2.40. The number of aromatic amines is 1. The van der Waals surface area contributed by atoms with E-state index in [1.165, 1.54) is 5.56 Å². The van der Waals surface area contributed by atoms with Crippen LogP contribution in [0.2, 0.25) is 5.02 Å². The molecule has 2 heterocycles. The number of carbonyl (C=O) groups is 1. The van der Waals surface area contributed by atoms with Crippen molar-refractivity contribution in [2.24, 2.45) is 0 Å². The van der Waals surface area contributed by atoms with E-state index in [-0.39, 0.29) is 20.2 Å². The number of aliphatic hydroxyl groups excluding tert-OH is 1. The molecule has 1 unspecified atom stereocenters. The third kappa shape index (κ3) is 5.49. The molecule has 2 aromatic carbocycles. The summed E-state index contributed by atoms with van der Waals surface area (Å²) < 4.78 is 11.3. The number of halogens is 1. The lowest BCUT2D eigenvalue weighted by molar-refractivity contribution is 0.0932. The van der Waals surface area contributed by atoms with Crippen LogP contribution < -0.4 is 10.1 Å². The number of rotatable bonds is 10. The van der Waals surface area contributed by atoms with Crippen LogP contribution >= 0.6 is 11.6 Å². The van der Waals surface area contributed by atoms with E-state index in [2.05, 4.69) is 10.3 Å². The Bertz CT molecular complexity index is 1110.